The molecule has 0 aromatic heterocycles. The maximum absolute atomic E-state index is 11.9. The smallest absolute Gasteiger partial charge is 0.311 e. The molecule has 0 aliphatic carbocycles. The van der Waals surface area contributed by atoms with Gasteiger partial charge in [-0.3, -0.25) is 14.9 Å². The van der Waals surface area contributed by atoms with Gasteiger partial charge in [-0.2, -0.15) is 5.26 Å². The first-order valence-electron chi connectivity index (χ1n) is 6.78. The third-order valence-electron chi connectivity index (χ3n) is 3.04. The molecule has 0 aliphatic heterocycles. The van der Waals surface area contributed by atoms with E-state index in [0.717, 1.165) is 0 Å². The van der Waals surface area contributed by atoms with E-state index in [0.29, 0.717) is 16.8 Å². The van der Waals surface area contributed by atoms with Crippen LogP contribution in [0.4, 0.5) is 11.4 Å². The van der Waals surface area contributed by atoms with Crippen LogP contribution < -0.4 is 10.1 Å². The molecule has 1 amide bonds. The molecule has 8 heteroatoms. The quantitative estimate of drug-likeness (QED) is 0.660. The van der Waals surface area contributed by atoms with Crippen LogP contribution in [-0.2, 0) is 4.79 Å². The number of nitrogens with one attached hydrogen (secondary N) is 1. The summed E-state index contributed by atoms with van der Waals surface area (Å²) in [5.74, 6) is -0.496. The zero-order valence-electron chi connectivity index (χ0n) is 12.6. The third-order valence-corrected chi connectivity index (χ3v) is 3.36. The number of nitro groups is 1. The first-order valence-corrected chi connectivity index (χ1v) is 7.16. The van der Waals surface area contributed by atoms with Crippen LogP contribution in [0.2, 0.25) is 5.02 Å². The predicted molar refractivity (Wildman–Crippen MR) is 88.1 cm³/mol. The Balaban J connectivity index is 2.03. The number of carbonyl (C=O) groups excluding carboxylic acids is 1. The lowest BCUT2D eigenvalue weighted by atomic mass is 10.2. The van der Waals surface area contributed by atoms with E-state index in [4.69, 9.17) is 21.6 Å². The van der Waals surface area contributed by atoms with Gasteiger partial charge in [-0.15, -0.1) is 0 Å². The molecule has 0 unspecified atom stereocenters. The van der Waals surface area contributed by atoms with Crippen LogP contribution in [-0.4, -0.2) is 17.4 Å². The van der Waals surface area contributed by atoms with Crippen molar-refractivity contribution >= 4 is 28.9 Å². The number of anilines is 1. The molecule has 24 heavy (non-hydrogen) atoms. The highest BCUT2D eigenvalue weighted by atomic mass is 35.5. The molecule has 2 aromatic carbocycles. The average Bonchev–Trinajstić information content (AvgIpc) is 2.53. The number of benzene rings is 2. The van der Waals surface area contributed by atoms with Crippen molar-refractivity contribution in [3.05, 3.63) is 62.7 Å². The largest absolute Gasteiger partial charge is 0.477 e. The van der Waals surface area contributed by atoms with Gasteiger partial charge in [-0.25, -0.2) is 0 Å². The summed E-state index contributed by atoms with van der Waals surface area (Å²) in [6, 6.07) is 10.8. The number of nitrogens with zero attached hydrogens (tertiary/aromatic N) is 2. The number of hydrogen-bond donors (Lipinski definition) is 1. The first kappa shape index (κ1) is 17.2. The molecule has 0 spiro atoms. The molecule has 0 bridgehead atoms. The molecule has 2 rings (SSSR count). The van der Waals surface area contributed by atoms with Crippen LogP contribution in [0.15, 0.2) is 36.4 Å². The van der Waals surface area contributed by atoms with Gasteiger partial charge in [0.2, 0.25) is 0 Å². The zero-order valence-corrected chi connectivity index (χ0v) is 13.3. The van der Waals surface area contributed by atoms with Crippen LogP contribution in [0.1, 0.15) is 11.1 Å². The van der Waals surface area contributed by atoms with E-state index in [1.54, 1.807) is 13.0 Å². The molecule has 1 N–H and O–H groups in total. The summed E-state index contributed by atoms with van der Waals surface area (Å²) >= 11 is 5.88. The van der Waals surface area contributed by atoms with Crippen molar-refractivity contribution in [1.29, 1.82) is 5.26 Å². The Bertz CT molecular complexity index is 846. The lowest BCUT2D eigenvalue weighted by Crippen LogP contribution is -2.20. The van der Waals surface area contributed by atoms with E-state index >= 15 is 0 Å². The molecule has 0 radical (unpaired) electrons. The van der Waals surface area contributed by atoms with Gasteiger partial charge in [0.25, 0.3) is 5.91 Å². The fourth-order valence-electron chi connectivity index (χ4n) is 1.92. The van der Waals surface area contributed by atoms with Gasteiger partial charge in [0.15, 0.2) is 12.4 Å². The molecule has 0 saturated carbocycles. The Labute approximate surface area is 142 Å². The lowest BCUT2D eigenvalue weighted by Gasteiger charge is -2.09. The van der Waals surface area contributed by atoms with Crippen molar-refractivity contribution in [2.75, 3.05) is 11.9 Å². The lowest BCUT2D eigenvalue weighted by molar-refractivity contribution is -0.385. The minimum Gasteiger partial charge on any atom is -0.477 e. The number of carbonyl (C=O) groups is 1. The summed E-state index contributed by atoms with van der Waals surface area (Å²) in [7, 11) is 0. The molecule has 0 aliphatic rings. The maximum atomic E-state index is 11.9. The Kier molecular flexibility index (Phi) is 5.35. The van der Waals surface area contributed by atoms with Crippen molar-refractivity contribution in [3.63, 3.8) is 0 Å². The number of nitriles is 1. The van der Waals surface area contributed by atoms with Crippen LogP contribution >= 0.6 is 11.6 Å². The van der Waals surface area contributed by atoms with Gasteiger partial charge in [-0.1, -0.05) is 17.7 Å². The van der Waals surface area contributed by atoms with Gasteiger partial charge >= 0.3 is 5.69 Å². The number of nitro benzene ring substituents is 1. The minimum absolute atomic E-state index is 0.0126. The Morgan fingerprint density at radius 2 is 2.12 bits per heavy atom. The van der Waals surface area contributed by atoms with E-state index in [1.807, 2.05) is 6.07 Å². The van der Waals surface area contributed by atoms with E-state index in [1.165, 1.54) is 30.3 Å². The molecule has 0 heterocycles. The third kappa shape index (κ3) is 4.21. The first-order chi connectivity index (χ1) is 11.4. The number of halogens is 1. The molecule has 2 aromatic rings. The summed E-state index contributed by atoms with van der Waals surface area (Å²) in [4.78, 5) is 22.3. The molecule has 122 valence electrons. The Hall–Kier alpha value is -3.11. The van der Waals surface area contributed by atoms with Gasteiger partial charge in [0.1, 0.15) is 6.07 Å². The summed E-state index contributed by atoms with van der Waals surface area (Å²) < 4.78 is 5.22. The van der Waals surface area contributed by atoms with Gasteiger partial charge < -0.3 is 10.1 Å². The predicted octanol–water partition coefficient (Wildman–Crippen LogP) is 3.45. The molecule has 7 nitrogen and oxygen atoms in total. The Morgan fingerprint density at radius 1 is 1.38 bits per heavy atom. The standard InChI is InChI=1S/C16H12ClN3O4/c1-10-2-5-15(14(6-10)20(22)23)24-9-16(21)19-12-4-3-11(8-18)13(17)7-12/h2-7H,9H2,1H3,(H,19,21). The van der Waals surface area contributed by atoms with Crippen molar-refractivity contribution in [2.24, 2.45) is 0 Å². The number of amides is 1. The van der Waals surface area contributed by atoms with Crippen LogP contribution in [0.5, 0.6) is 5.75 Å². The molecule has 0 saturated heterocycles. The van der Waals surface area contributed by atoms with Crippen molar-refractivity contribution in [2.45, 2.75) is 6.92 Å². The van der Waals surface area contributed by atoms with Crippen LogP contribution in [0, 0.1) is 28.4 Å². The fraction of sp³-hybridized carbons (Fsp3) is 0.125. The van der Waals surface area contributed by atoms with E-state index in [2.05, 4.69) is 5.32 Å². The number of aryl methyl sites for hydroxylation is 1. The van der Waals surface area contributed by atoms with Crippen LogP contribution in [0.3, 0.4) is 0 Å². The highest BCUT2D eigenvalue weighted by molar-refractivity contribution is 6.32. The number of rotatable bonds is 5. The summed E-state index contributed by atoms with van der Waals surface area (Å²) in [6.07, 6.45) is 0. The summed E-state index contributed by atoms with van der Waals surface area (Å²) in [5, 5.41) is 22.5. The molecular formula is C16H12ClN3O4. The van der Waals surface area contributed by atoms with Gasteiger partial charge in [-0.05, 0) is 36.8 Å². The second-order valence-electron chi connectivity index (χ2n) is 4.87. The normalized spacial score (nSPS) is 9.88. The summed E-state index contributed by atoms with van der Waals surface area (Å²) in [5.41, 5.74) is 1.20. The second-order valence-corrected chi connectivity index (χ2v) is 5.28. The maximum Gasteiger partial charge on any atom is 0.311 e. The molecule has 0 fully saturated rings. The topological polar surface area (TPSA) is 105 Å². The summed E-state index contributed by atoms with van der Waals surface area (Å²) in [6.45, 7) is 1.32. The van der Waals surface area contributed by atoms with Gasteiger partial charge in [0.05, 0.1) is 15.5 Å². The van der Waals surface area contributed by atoms with E-state index in [-0.39, 0.29) is 16.5 Å². The monoisotopic (exact) mass is 345 g/mol. The van der Waals surface area contributed by atoms with E-state index in [9.17, 15) is 14.9 Å². The fourth-order valence-corrected chi connectivity index (χ4v) is 2.14. The van der Waals surface area contributed by atoms with Crippen LogP contribution in [0.25, 0.3) is 0 Å². The van der Waals surface area contributed by atoms with E-state index < -0.39 is 17.4 Å². The SMILES string of the molecule is Cc1ccc(OCC(=O)Nc2ccc(C#N)c(Cl)c2)c([N+](=O)[O-])c1. The van der Waals surface area contributed by atoms with Crippen molar-refractivity contribution in [3.8, 4) is 11.8 Å². The van der Waals surface area contributed by atoms with Gasteiger partial charge in [0, 0.05) is 11.8 Å². The Morgan fingerprint density at radius 3 is 2.75 bits per heavy atom. The van der Waals surface area contributed by atoms with Crippen molar-refractivity contribution in [1.82, 2.24) is 0 Å². The van der Waals surface area contributed by atoms with Crippen molar-refractivity contribution < 1.29 is 14.5 Å². The molecular weight excluding hydrogens is 334 g/mol. The zero-order chi connectivity index (χ0) is 17.7. The minimum atomic E-state index is -0.569. The highest BCUT2D eigenvalue weighted by Gasteiger charge is 2.16. The average molecular weight is 346 g/mol. The number of ether oxygens (including phenoxy) is 1. The number of hydrogen-bond acceptors (Lipinski definition) is 5. The highest BCUT2D eigenvalue weighted by Crippen LogP contribution is 2.27. The molecule has 0 atom stereocenters. The second kappa shape index (κ2) is 7.44.